The number of hydrogen-bond acceptors (Lipinski definition) is 6. The number of rotatable bonds is 8. The number of piperazine rings is 1. The summed E-state index contributed by atoms with van der Waals surface area (Å²) >= 11 is 1.75. The third kappa shape index (κ3) is 6.06. The SMILES string of the molecule is COc1ccc(CN2CCN(C(=O)c3ccc(SCc4cccnc4)cc3)CC2)cc1OC. The highest BCUT2D eigenvalue weighted by Gasteiger charge is 2.22. The highest BCUT2D eigenvalue weighted by atomic mass is 32.2. The maximum atomic E-state index is 13.0. The van der Waals surface area contributed by atoms with Crippen LogP contribution in [0.1, 0.15) is 21.5 Å². The smallest absolute Gasteiger partial charge is 0.253 e. The summed E-state index contributed by atoms with van der Waals surface area (Å²) in [5.74, 6) is 2.44. The third-order valence-corrected chi connectivity index (χ3v) is 6.83. The van der Waals surface area contributed by atoms with Gasteiger partial charge >= 0.3 is 0 Å². The van der Waals surface area contributed by atoms with Crippen LogP contribution >= 0.6 is 11.8 Å². The van der Waals surface area contributed by atoms with E-state index in [9.17, 15) is 4.79 Å². The van der Waals surface area contributed by atoms with Crippen LogP contribution in [0, 0.1) is 0 Å². The van der Waals surface area contributed by atoms with Gasteiger partial charge in [-0.3, -0.25) is 14.7 Å². The van der Waals surface area contributed by atoms with Crippen LogP contribution in [0.2, 0.25) is 0 Å². The zero-order valence-electron chi connectivity index (χ0n) is 19.1. The monoisotopic (exact) mass is 463 g/mol. The van der Waals surface area contributed by atoms with Gasteiger partial charge in [0, 0.05) is 61.3 Å². The summed E-state index contributed by atoms with van der Waals surface area (Å²) in [6.45, 7) is 3.97. The Hall–Kier alpha value is -3.03. The maximum Gasteiger partial charge on any atom is 0.253 e. The van der Waals surface area contributed by atoms with Crippen LogP contribution in [0.3, 0.4) is 0 Å². The van der Waals surface area contributed by atoms with Crippen molar-refractivity contribution in [3.05, 3.63) is 83.7 Å². The Bertz CT molecular complexity index is 1050. The van der Waals surface area contributed by atoms with E-state index in [2.05, 4.69) is 22.0 Å². The van der Waals surface area contributed by atoms with Crippen molar-refractivity contribution >= 4 is 17.7 Å². The molecule has 0 aliphatic carbocycles. The molecule has 33 heavy (non-hydrogen) atoms. The fourth-order valence-electron chi connectivity index (χ4n) is 3.87. The van der Waals surface area contributed by atoms with Gasteiger partial charge in [-0.25, -0.2) is 0 Å². The lowest BCUT2D eigenvalue weighted by Gasteiger charge is -2.35. The number of hydrogen-bond donors (Lipinski definition) is 0. The fourth-order valence-corrected chi connectivity index (χ4v) is 4.71. The number of methoxy groups -OCH3 is 2. The summed E-state index contributed by atoms with van der Waals surface area (Å²) in [6.07, 6.45) is 3.67. The van der Waals surface area contributed by atoms with Crippen molar-refractivity contribution in [2.75, 3.05) is 40.4 Å². The third-order valence-electron chi connectivity index (χ3n) is 5.74. The molecule has 172 valence electrons. The Balaban J connectivity index is 1.27. The molecule has 0 bridgehead atoms. The topological polar surface area (TPSA) is 54.9 Å². The fraction of sp³-hybridized carbons (Fsp3) is 0.308. The molecule has 1 aliphatic rings. The molecular formula is C26H29N3O3S. The van der Waals surface area contributed by atoms with Crippen LogP contribution in [-0.4, -0.2) is 61.1 Å². The molecule has 1 amide bonds. The molecule has 1 fully saturated rings. The van der Waals surface area contributed by atoms with Crippen molar-refractivity contribution in [2.45, 2.75) is 17.2 Å². The molecule has 0 saturated carbocycles. The number of nitrogens with zero attached hydrogens (tertiary/aromatic N) is 3. The van der Waals surface area contributed by atoms with Gasteiger partial charge in [0.25, 0.3) is 5.91 Å². The van der Waals surface area contributed by atoms with Gasteiger partial charge in [-0.15, -0.1) is 11.8 Å². The van der Waals surface area contributed by atoms with E-state index in [0.29, 0.717) is 0 Å². The first-order valence-corrected chi connectivity index (χ1v) is 12.0. The predicted octanol–water partition coefficient (Wildman–Crippen LogP) is 4.35. The summed E-state index contributed by atoms with van der Waals surface area (Å²) in [5.41, 5.74) is 3.11. The number of amides is 1. The molecule has 7 heteroatoms. The van der Waals surface area contributed by atoms with E-state index in [1.165, 1.54) is 11.1 Å². The van der Waals surface area contributed by atoms with E-state index in [4.69, 9.17) is 9.47 Å². The van der Waals surface area contributed by atoms with Crippen molar-refractivity contribution in [3.8, 4) is 11.5 Å². The van der Waals surface area contributed by atoms with Gasteiger partial charge in [0.15, 0.2) is 11.5 Å². The highest BCUT2D eigenvalue weighted by molar-refractivity contribution is 7.98. The van der Waals surface area contributed by atoms with E-state index >= 15 is 0 Å². The number of aromatic nitrogens is 1. The molecule has 0 unspecified atom stereocenters. The first-order chi connectivity index (χ1) is 16.2. The van der Waals surface area contributed by atoms with Crippen molar-refractivity contribution in [2.24, 2.45) is 0 Å². The van der Waals surface area contributed by atoms with E-state index in [-0.39, 0.29) is 5.91 Å². The Labute approximate surface area is 199 Å². The number of ether oxygens (including phenoxy) is 2. The largest absolute Gasteiger partial charge is 0.493 e. The van der Waals surface area contributed by atoms with Crippen LogP contribution in [-0.2, 0) is 12.3 Å². The van der Waals surface area contributed by atoms with Gasteiger partial charge in [0.1, 0.15) is 0 Å². The Morgan fingerprint density at radius 1 is 0.939 bits per heavy atom. The highest BCUT2D eigenvalue weighted by Crippen LogP contribution is 2.28. The molecule has 3 aromatic rings. The second-order valence-electron chi connectivity index (χ2n) is 7.93. The van der Waals surface area contributed by atoms with Crippen molar-refractivity contribution in [1.29, 1.82) is 0 Å². The lowest BCUT2D eigenvalue weighted by atomic mass is 10.1. The number of pyridine rings is 1. The summed E-state index contributed by atoms with van der Waals surface area (Å²) in [4.78, 5) is 22.6. The van der Waals surface area contributed by atoms with Crippen molar-refractivity contribution in [1.82, 2.24) is 14.8 Å². The Morgan fingerprint density at radius 3 is 2.36 bits per heavy atom. The van der Waals surface area contributed by atoms with E-state index in [0.717, 1.165) is 60.4 Å². The number of benzene rings is 2. The second kappa shape index (κ2) is 11.2. The van der Waals surface area contributed by atoms with Crippen LogP contribution in [0.5, 0.6) is 11.5 Å². The van der Waals surface area contributed by atoms with Crippen molar-refractivity contribution in [3.63, 3.8) is 0 Å². The number of carbonyl (C=O) groups is 1. The van der Waals surface area contributed by atoms with Gasteiger partial charge in [0.2, 0.25) is 0 Å². The van der Waals surface area contributed by atoms with Gasteiger partial charge in [-0.2, -0.15) is 0 Å². The van der Waals surface area contributed by atoms with E-state index in [1.54, 1.807) is 32.2 Å². The average molecular weight is 464 g/mol. The zero-order chi connectivity index (χ0) is 23.0. The molecular weight excluding hydrogens is 434 g/mol. The average Bonchev–Trinajstić information content (AvgIpc) is 2.88. The first-order valence-electron chi connectivity index (χ1n) is 11.0. The summed E-state index contributed by atoms with van der Waals surface area (Å²) < 4.78 is 10.7. The minimum absolute atomic E-state index is 0.101. The van der Waals surface area contributed by atoms with Gasteiger partial charge in [0.05, 0.1) is 14.2 Å². The van der Waals surface area contributed by atoms with Gasteiger partial charge in [-0.1, -0.05) is 12.1 Å². The molecule has 4 rings (SSSR count). The molecule has 1 aromatic heterocycles. The van der Waals surface area contributed by atoms with Crippen LogP contribution in [0.15, 0.2) is 71.9 Å². The molecule has 6 nitrogen and oxygen atoms in total. The van der Waals surface area contributed by atoms with Crippen LogP contribution in [0.25, 0.3) is 0 Å². The molecule has 0 N–H and O–H groups in total. The maximum absolute atomic E-state index is 13.0. The first kappa shape index (κ1) is 23.1. The standard InChI is InChI=1S/C26H29N3O3S/c1-31-24-10-5-20(16-25(24)32-2)18-28-12-14-29(15-13-28)26(30)22-6-8-23(9-7-22)33-19-21-4-3-11-27-17-21/h3-11,16-17H,12-15,18-19H2,1-2H3. The molecule has 0 atom stereocenters. The number of thioether (sulfide) groups is 1. The summed E-state index contributed by atoms with van der Waals surface area (Å²) in [6, 6.07) is 18.0. The predicted molar refractivity (Wildman–Crippen MR) is 131 cm³/mol. The summed E-state index contributed by atoms with van der Waals surface area (Å²) in [7, 11) is 3.29. The van der Waals surface area contributed by atoms with E-state index in [1.807, 2.05) is 53.6 Å². The zero-order valence-corrected chi connectivity index (χ0v) is 19.9. The Kier molecular flexibility index (Phi) is 7.86. The second-order valence-corrected chi connectivity index (χ2v) is 8.98. The van der Waals surface area contributed by atoms with Gasteiger partial charge in [-0.05, 0) is 53.6 Å². The molecule has 1 saturated heterocycles. The van der Waals surface area contributed by atoms with E-state index < -0.39 is 0 Å². The van der Waals surface area contributed by atoms with Crippen LogP contribution < -0.4 is 9.47 Å². The molecule has 0 spiro atoms. The molecule has 2 aromatic carbocycles. The number of carbonyl (C=O) groups excluding carboxylic acids is 1. The normalized spacial score (nSPS) is 14.2. The van der Waals surface area contributed by atoms with Crippen molar-refractivity contribution < 1.29 is 14.3 Å². The minimum Gasteiger partial charge on any atom is -0.493 e. The quantitative estimate of drug-likeness (QED) is 0.463. The molecule has 1 aliphatic heterocycles. The molecule has 0 radical (unpaired) electrons. The van der Waals surface area contributed by atoms with Gasteiger partial charge < -0.3 is 14.4 Å². The summed E-state index contributed by atoms with van der Waals surface area (Å²) in [5, 5.41) is 0. The molecule has 2 heterocycles. The minimum atomic E-state index is 0.101. The Morgan fingerprint density at radius 2 is 1.70 bits per heavy atom. The lowest BCUT2D eigenvalue weighted by Crippen LogP contribution is -2.48. The van der Waals surface area contributed by atoms with Crippen LogP contribution in [0.4, 0.5) is 0 Å². The lowest BCUT2D eigenvalue weighted by molar-refractivity contribution is 0.0628.